The van der Waals surface area contributed by atoms with Crippen molar-refractivity contribution in [2.45, 2.75) is 6.18 Å². The van der Waals surface area contributed by atoms with Gasteiger partial charge in [-0.25, -0.2) is 9.59 Å². The number of nitrogens with one attached hydrogen (secondary N) is 1. The van der Waals surface area contributed by atoms with Crippen molar-refractivity contribution < 1.29 is 37.0 Å². The van der Waals surface area contributed by atoms with Gasteiger partial charge in [-0.1, -0.05) is 48.5 Å². The number of ether oxygens (including phenoxy) is 2. The van der Waals surface area contributed by atoms with E-state index in [1.807, 2.05) is 0 Å². The molecule has 0 aliphatic heterocycles. The van der Waals surface area contributed by atoms with Crippen molar-refractivity contribution in [3.63, 3.8) is 0 Å². The summed E-state index contributed by atoms with van der Waals surface area (Å²) in [6.07, 6.45) is -4.50. The number of benzene rings is 3. The molecule has 0 spiro atoms. The van der Waals surface area contributed by atoms with Crippen LogP contribution in [0.3, 0.4) is 0 Å². The first kappa shape index (κ1) is 23.5. The van der Waals surface area contributed by atoms with Crippen LogP contribution in [0.4, 0.5) is 24.5 Å². The molecule has 0 aliphatic rings. The van der Waals surface area contributed by atoms with Crippen LogP contribution in [0.1, 0.15) is 26.3 Å². The van der Waals surface area contributed by atoms with E-state index in [0.717, 1.165) is 12.1 Å². The summed E-state index contributed by atoms with van der Waals surface area (Å²) in [5.41, 5.74) is -0.216. The lowest BCUT2D eigenvalue weighted by molar-refractivity contribution is -0.139. The summed E-state index contributed by atoms with van der Waals surface area (Å²) in [4.78, 5) is 36.2. The first-order valence-electron chi connectivity index (χ1n) is 9.72. The molecule has 0 bridgehead atoms. The molecule has 6 nitrogen and oxygen atoms in total. The van der Waals surface area contributed by atoms with Crippen LogP contribution in [-0.2, 0) is 20.4 Å². The molecule has 0 aliphatic carbocycles. The van der Waals surface area contributed by atoms with Crippen molar-refractivity contribution in [2.24, 2.45) is 0 Å². The maximum absolute atomic E-state index is 12.9. The van der Waals surface area contributed by atoms with Crippen LogP contribution >= 0.6 is 0 Å². The predicted octanol–water partition coefficient (Wildman–Crippen LogP) is 5.03. The number of hydrogen-bond acceptors (Lipinski definition) is 6. The molecule has 0 amide bonds. The molecule has 0 radical (unpaired) electrons. The molecule has 9 heteroatoms. The average Bonchev–Trinajstić information content (AvgIpc) is 2.81. The second kappa shape index (κ2) is 10.4. The van der Waals surface area contributed by atoms with Gasteiger partial charge in [0.15, 0.2) is 0 Å². The maximum Gasteiger partial charge on any atom is 0.416 e. The molecule has 0 heterocycles. The minimum Gasteiger partial charge on any atom is -0.458 e. The molecule has 0 aromatic heterocycles. The van der Waals surface area contributed by atoms with E-state index in [1.54, 1.807) is 30.3 Å². The van der Waals surface area contributed by atoms with Gasteiger partial charge in [-0.15, -0.1) is 0 Å². The van der Waals surface area contributed by atoms with Crippen molar-refractivity contribution in [2.75, 3.05) is 18.5 Å². The van der Waals surface area contributed by atoms with Crippen LogP contribution in [0.2, 0.25) is 0 Å². The molecule has 0 saturated heterocycles. The number of para-hydroxylation sites is 1. The zero-order chi connectivity index (χ0) is 23.8. The van der Waals surface area contributed by atoms with Crippen molar-refractivity contribution in [3.05, 3.63) is 95.6 Å². The van der Waals surface area contributed by atoms with Gasteiger partial charge in [0.05, 0.1) is 16.8 Å². The number of rotatable bonds is 8. The van der Waals surface area contributed by atoms with Gasteiger partial charge in [0.2, 0.25) is 0 Å². The Morgan fingerprint density at radius 3 is 2.18 bits per heavy atom. The third-order valence-corrected chi connectivity index (χ3v) is 4.39. The fourth-order valence-corrected chi connectivity index (χ4v) is 2.82. The number of ketones is 1. The summed E-state index contributed by atoms with van der Waals surface area (Å²) in [6.45, 7) is -0.656. The van der Waals surface area contributed by atoms with Crippen LogP contribution in [0, 0.1) is 0 Å². The summed E-state index contributed by atoms with van der Waals surface area (Å²) in [5.74, 6) is -2.68. The monoisotopic (exact) mass is 457 g/mol. The Hall–Kier alpha value is -4.14. The summed E-state index contributed by atoms with van der Waals surface area (Å²) < 4.78 is 48.7. The number of alkyl halides is 3. The molecule has 33 heavy (non-hydrogen) atoms. The Labute approximate surface area is 186 Å². The van der Waals surface area contributed by atoms with Crippen molar-refractivity contribution >= 4 is 29.1 Å². The molecule has 0 atom stereocenters. The number of carbonyl (C=O) groups excluding carboxylic acids is 3. The summed E-state index contributed by atoms with van der Waals surface area (Å²) in [5, 5.41) is 2.78. The minimum absolute atomic E-state index is 0.0709. The van der Waals surface area contributed by atoms with Gasteiger partial charge in [0.1, 0.15) is 13.2 Å². The third-order valence-electron chi connectivity index (χ3n) is 4.39. The van der Waals surface area contributed by atoms with E-state index in [-0.39, 0.29) is 35.7 Å². The summed E-state index contributed by atoms with van der Waals surface area (Å²) in [6, 6.07) is 18.5. The van der Waals surface area contributed by atoms with Crippen LogP contribution in [-0.4, -0.2) is 30.9 Å². The van der Waals surface area contributed by atoms with Gasteiger partial charge in [-0.05, 0) is 30.3 Å². The fourth-order valence-electron chi connectivity index (χ4n) is 2.82. The molecule has 0 fully saturated rings. The van der Waals surface area contributed by atoms with E-state index in [9.17, 15) is 27.6 Å². The Morgan fingerprint density at radius 2 is 1.45 bits per heavy atom. The smallest absolute Gasteiger partial charge is 0.416 e. The average molecular weight is 457 g/mol. The van der Waals surface area contributed by atoms with Gasteiger partial charge in [-0.2, -0.15) is 13.2 Å². The first-order valence-corrected chi connectivity index (χ1v) is 9.72. The second-order valence-electron chi connectivity index (χ2n) is 6.72. The molecule has 3 aromatic rings. The predicted molar refractivity (Wildman–Crippen MR) is 113 cm³/mol. The first-order chi connectivity index (χ1) is 15.8. The van der Waals surface area contributed by atoms with Gasteiger partial charge < -0.3 is 14.8 Å². The quantitative estimate of drug-likeness (QED) is 0.221. The van der Waals surface area contributed by atoms with Gasteiger partial charge in [-0.3, -0.25) is 4.79 Å². The van der Waals surface area contributed by atoms with E-state index >= 15 is 0 Å². The number of anilines is 2. The Balaban J connectivity index is 1.57. The molecular formula is C24H18F3NO5. The maximum atomic E-state index is 12.9. The lowest BCUT2D eigenvalue weighted by atomic mass is 10.1. The van der Waals surface area contributed by atoms with E-state index < -0.39 is 29.5 Å². The van der Waals surface area contributed by atoms with Gasteiger partial charge >= 0.3 is 18.1 Å². The van der Waals surface area contributed by atoms with E-state index in [0.29, 0.717) is 0 Å². The Bertz CT molecular complexity index is 1150. The van der Waals surface area contributed by atoms with Gasteiger partial charge in [0, 0.05) is 11.3 Å². The van der Waals surface area contributed by atoms with E-state index in [1.165, 1.54) is 36.4 Å². The molecule has 0 unspecified atom stereocenters. The molecular weight excluding hydrogens is 439 g/mol. The van der Waals surface area contributed by atoms with E-state index in [2.05, 4.69) is 5.32 Å². The highest BCUT2D eigenvalue weighted by atomic mass is 19.4. The van der Waals surface area contributed by atoms with Crippen molar-refractivity contribution in [1.29, 1.82) is 0 Å². The number of carbonyl (C=O) groups is 3. The van der Waals surface area contributed by atoms with Crippen molar-refractivity contribution in [3.8, 4) is 0 Å². The molecule has 3 aromatic carbocycles. The highest BCUT2D eigenvalue weighted by Crippen LogP contribution is 2.32. The third kappa shape index (κ3) is 6.42. The number of halogens is 3. The van der Waals surface area contributed by atoms with Crippen molar-refractivity contribution in [1.82, 2.24) is 0 Å². The molecule has 3 rings (SSSR count). The molecule has 1 N–H and O–H groups in total. The largest absolute Gasteiger partial charge is 0.458 e. The standard InChI is InChI=1S/C24H18F3NO5/c25-24(26,27)17-9-6-10-18(15-17)28-20-12-5-4-11-19(20)22(30)32-13-14-33-23(31)21(29)16-7-2-1-3-8-16/h1-12,15,28H,13-14H2. The number of hydrogen-bond donors (Lipinski definition) is 1. The number of esters is 2. The van der Waals surface area contributed by atoms with Crippen LogP contribution < -0.4 is 5.32 Å². The fraction of sp³-hybridized carbons (Fsp3) is 0.125. The lowest BCUT2D eigenvalue weighted by Gasteiger charge is -2.13. The zero-order valence-electron chi connectivity index (χ0n) is 17.1. The zero-order valence-corrected chi connectivity index (χ0v) is 17.1. The SMILES string of the molecule is O=C(OCCOC(=O)c1ccccc1Nc1cccc(C(F)(F)F)c1)C(=O)c1ccccc1. The summed E-state index contributed by atoms with van der Waals surface area (Å²) >= 11 is 0. The topological polar surface area (TPSA) is 81.7 Å². The van der Waals surface area contributed by atoms with Gasteiger partial charge in [0.25, 0.3) is 5.78 Å². The number of Topliss-reactive ketones (excluding diaryl/α,β-unsaturated/α-hetero) is 1. The molecule has 0 saturated carbocycles. The highest BCUT2D eigenvalue weighted by molar-refractivity contribution is 6.40. The Morgan fingerprint density at radius 1 is 0.788 bits per heavy atom. The molecule has 170 valence electrons. The second-order valence-corrected chi connectivity index (χ2v) is 6.72. The van der Waals surface area contributed by atoms with Crippen LogP contribution in [0.5, 0.6) is 0 Å². The van der Waals surface area contributed by atoms with E-state index in [4.69, 9.17) is 9.47 Å². The van der Waals surface area contributed by atoms with Crippen LogP contribution in [0.25, 0.3) is 0 Å². The minimum atomic E-state index is -4.50. The summed E-state index contributed by atoms with van der Waals surface area (Å²) in [7, 11) is 0. The van der Waals surface area contributed by atoms with Crippen LogP contribution in [0.15, 0.2) is 78.9 Å². The Kier molecular flexibility index (Phi) is 7.45. The normalized spacial score (nSPS) is 10.9. The highest BCUT2D eigenvalue weighted by Gasteiger charge is 2.30. The lowest BCUT2D eigenvalue weighted by Crippen LogP contribution is -2.21.